The van der Waals surface area contributed by atoms with Crippen LogP contribution in [-0.4, -0.2) is 20.5 Å². The number of benzene rings is 2. The molecule has 7 heteroatoms. The molecule has 0 heterocycles. The van der Waals surface area contributed by atoms with E-state index < -0.39 is 15.8 Å². The van der Waals surface area contributed by atoms with Crippen LogP contribution < -0.4 is 10.0 Å². The van der Waals surface area contributed by atoms with Crippen LogP contribution >= 0.6 is 12.2 Å². The van der Waals surface area contributed by atoms with Gasteiger partial charge in [0.05, 0.1) is 10.6 Å². The molecule has 0 spiro atoms. The minimum Gasteiger partial charge on any atom is -0.389 e. The molecule has 2 N–H and O–H groups in total. The predicted octanol–water partition coefficient (Wildman–Crippen LogP) is 2.29. The Balaban J connectivity index is 2.42. The van der Waals surface area contributed by atoms with Crippen molar-refractivity contribution >= 4 is 32.9 Å². The lowest BCUT2D eigenvalue weighted by Crippen LogP contribution is -2.27. The molecule has 0 bridgehead atoms. The number of sulfonamides is 1. The average molecular weight is 324 g/mol. The monoisotopic (exact) mass is 324 g/mol. The Morgan fingerprint density at radius 2 is 1.71 bits per heavy atom. The zero-order valence-corrected chi connectivity index (χ0v) is 12.8. The van der Waals surface area contributed by atoms with Crippen molar-refractivity contribution in [1.82, 2.24) is 0 Å². The van der Waals surface area contributed by atoms with Gasteiger partial charge in [-0.2, -0.15) is 0 Å². The van der Waals surface area contributed by atoms with E-state index in [0.717, 1.165) is 4.31 Å². The zero-order chi connectivity index (χ0) is 15.6. The summed E-state index contributed by atoms with van der Waals surface area (Å²) in [5.74, 6) is -0.608. The average Bonchev–Trinajstić information content (AvgIpc) is 2.47. The first-order valence-electron chi connectivity index (χ1n) is 5.97. The number of anilines is 1. The normalized spacial score (nSPS) is 11.1. The smallest absolute Gasteiger partial charge is 0.264 e. The summed E-state index contributed by atoms with van der Waals surface area (Å²) < 4.78 is 39.5. The van der Waals surface area contributed by atoms with E-state index in [1.165, 1.54) is 49.5 Å². The highest BCUT2D eigenvalue weighted by Crippen LogP contribution is 2.24. The summed E-state index contributed by atoms with van der Waals surface area (Å²) in [7, 11) is -2.55. The van der Waals surface area contributed by atoms with Crippen LogP contribution in [0.2, 0.25) is 0 Å². The molecule has 0 aromatic heterocycles. The fraction of sp³-hybridized carbons (Fsp3) is 0.0714. The summed E-state index contributed by atoms with van der Waals surface area (Å²) in [5, 5.41) is 0. The zero-order valence-electron chi connectivity index (χ0n) is 11.2. The minimum absolute atomic E-state index is 0.0177. The molecule has 0 saturated heterocycles. The molecular weight excluding hydrogens is 311 g/mol. The van der Waals surface area contributed by atoms with Crippen LogP contribution in [-0.2, 0) is 10.0 Å². The summed E-state index contributed by atoms with van der Waals surface area (Å²) in [6, 6.07) is 11.5. The third kappa shape index (κ3) is 3.03. The number of nitrogens with zero attached hydrogens (tertiary/aromatic N) is 1. The molecule has 0 amide bonds. The van der Waals surface area contributed by atoms with Crippen molar-refractivity contribution < 1.29 is 12.8 Å². The summed E-state index contributed by atoms with van der Waals surface area (Å²) in [4.78, 5) is 0.217. The van der Waals surface area contributed by atoms with Crippen LogP contribution in [0.1, 0.15) is 5.56 Å². The predicted molar refractivity (Wildman–Crippen MR) is 84.3 cm³/mol. The topological polar surface area (TPSA) is 63.4 Å². The maximum atomic E-state index is 13.7. The summed E-state index contributed by atoms with van der Waals surface area (Å²) in [5.41, 5.74) is 6.02. The van der Waals surface area contributed by atoms with E-state index in [2.05, 4.69) is 0 Å². The summed E-state index contributed by atoms with van der Waals surface area (Å²) >= 11 is 4.81. The van der Waals surface area contributed by atoms with Gasteiger partial charge >= 0.3 is 0 Å². The molecule has 4 nitrogen and oxygen atoms in total. The van der Waals surface area contributed by atoms with Crippen molar-refractivity contribution in [1.29, 1.82) is 0 Å². The highest BCUT2D eigenvalue weighted by Gasteiger charge is 2.23. The number of halogens is 1. The second kappa shape index (κ2) is 5.79. The van der Waals surface area contributed by atoms with Crippen LogP contribution in [0.15, 0.2) is 53.4 Å². The van der Waals surface area contributed by atoms with Gasteiger partial charge in [-0.25, -0.2) is 12.8 Å². The van der Waals surface area contributed by atoms with E-state index in [1.807, 2.05) is 0 Å². The second-order valence-corrected chi connectivity index (χ2v) is 6.72. The second-order valence-electron chi connectivity index (χ2n) is 4.31. The quantitative estimate of drug-likeness (QED) is 0.877. The molecule has 0 saturated carbocycles. The van der Waals surface area contributed by atoms with Crippen LogP contribution in [0.3, 0.4) is 0 Å². The van der Waals surface area contributed by atoms with Gasteiger partial charge in [-0.15, -0.1) is 0 Å². The van der Waals surface area contributed by atoms with E-state index in [4.69, 9.17) is 18.0 Å². The standard InChI is InChI=1S/C14H13FN2O2S2/c1-17(13-5-3-2-4-12(13)15)21(18,19)11-8-6-10(7-9-11)14(16)20/h2-9H,1H3,(H2,16,20). The van der Waals surface area contributed by atoms with Gasteiger partial charge in [0.2, 0.25) is 0 Å². The highest BCUT2D eigenvalue weighted by molar-refractivity contribution is 7.92. The van der Waals surface area contributed by atoms with Gasteiger partial charge in [0.1, 0.15) is 10.8 Å². The maximum absolute atomic E-state index is 13.7. The van der Waals surface area contributed by atoms with E-state index in [-0.39, 0.29) is 15.6 Å². The van der Waals surface area contributed by atoms with Gasteiger partial charge in [0, 0.05) is 12.6 Å². The van der Waals surface area contributed by atoms with Gasteiger partial charge in [0.15, 0.2) is 0 Å². The van der Waals surface area contributed by atoms with Crippen molar-refractivity contribution in [2.45, 2.75) is 4.90 Å². The molecule has 0 aliphatic carbocycles. The maximum Gasteiger partial charge on any atom is 0.264 e. The SMILES string of the molecule is CN(c1ccccc1F)S(=O)(=O)c1ccc(C(N)=S)cc1. The molecule has 0 fully saturated rings. The summed E-state index contributed by atoms with van der Waals surface area (Å²) in [6.45, 7) is 0. The van der Waals surface area contributed by atoms with Gasteiger partial charge < -0.3 is 5.73 Å². The Morgan fingerprint density at radius 1 is 1.14 bits per heavy atom. The molecule has 0 radical (unpaired) electrons. The number of hydrogen-bond donors (Lipinski definition) is 1. The molecule has 0 aliphatic heterocycles. The van der Waals surface area contributed by atoms with Gasteiger partial charge in [-0.05, 0) is 24.3 Å². The van der Waals surface area contributed by atoms with Crippen molar-refractivity contribution in [3.63, 3.8) is 0 Å². The number of nitrogens with two attached hydrogens (primary N) is 1. The molecule has 110 valence electrons. The first-order chi connectivity index (χ1) is 9.84. The number of para-hydroxylation sites is 1. The van der Waals surface area contributed by atoms with Gasteiger partial charge in [0.25, 0.3) is 10.0 Å². The molecule has 0 aliphatic rings. The minimum atomic E-state index is -3.85. The van der Waals surface area contributed by atoms with Crippen LogP contribution in [0.5, 0.6) is 0 Å². The van der Waals surface area contributed by atoms with Crippen molar-refractivity contribution in [2.75, 3.05) is 11.4 Å². The Hall–Kier alpha value is -1.99. The molecule has 2 aromatic rings. The number of hydrogen-bond acceptors (Lipinski definition) is 3. The Kier molecular flexibility index (Phi) is 4.24. The first kappa shape index (κ1) is 15.4. The lowest BCUT2D eigenvalue weighted by atomic mass is 10.2. The third-order valence-corrected chi connectivity index (χ3v) is 5.01. The Bertz CT molecular complexity index is 774. The molecule has 0 atom stereocenters. The highest BCUT2D eigenvalue weighted by atomic mass is 32.2. The van der Waals surface area contributed by atoms with E-state index in [1.54, 1.807) is 6.07 Å². The van der Waals surface area contributed by atoms with Crippen LogP contribution in [0, 0.1) is 5.82 Å². The van der Waals surface area contributed by atoms with Crippen molar-refractivity contribution in [3.8, 4) is 0 Å². The molecule has 0 unspecified atom stereocenters. The molecule has 2 aromatic carbocycles. The van der Waals surface area contributed by atoms with E-state index >= 15 is 0 Å². The lowest BCUT2D eigenvalue weighted by molar-refractivity contribution is 0.589. The van der Waals surface area contributed by atoms with E-state index in [0.29, 0.717) is 5.56 Å². The first-order valence-corrected chi connectivity index (χ1v) is 7.82. The number of thiocarbonyl (C=S) groups is 1. The Labute approximate surface area is 128 Å². The van der Waals surface area contributed by atoms with Gasteiger partial charge in [-0.3, -0.25) is 4.31 Å². The van der Waals surface area contributed by atoms with Crippen molar-refractivity contribution in [3.05, 3.63) is 59.9 Å². The fourth-order valence-corrected chi connectivity index (χ4v) is 3.13. The summed E-state index contributed by atoms with van der Waals surface area (Å²) in [6.07, 6.45) is 0. The van der Waals surface area contributed by atoms with Gasteiger partial charge in [-0.1, -0.05) is 36.5 Å². The number of rotatable bonds is 4. The van der Waals surface area contributed by atoms with Crippen LogP contribution in [0.4, 0.5) is 10.1 Å². The molecular formula is C14H13FN2O2S2. The third-order valence-electron chi connectivity index (χ3n) is 2.99. The van der Waals surface area contributed by atoms with Crippen LogP contribution in [0.25, 0.3) is 0 Å². The fourth-order valence-electron chi connectivity index (χ4n) is 1.79. The lowest BCUT2D eigenvalue weighted by Gasteiger charge is -2.20. The van der Waals surface area contributed by atoms with Crippen molar-refractivity contribution in [2.24, 2.45) is 5.73 Å². The molecule has 2 rings (SSSR count). The Morgan fingerprint density at radius 3 is 2.24 bits per heavy atom. The molecule has 21 heavy (non-hydrogen) atoms. The largest absolute Gasteiger partial charge is 0.389 e. The van der Waals surface area contributed by atoms with E-state index in [9.17, 15) is 12.8 Å².